The molecule has 4 saturated carbocycles. The zero-order valence-electron chi connectivity index (χ0n) is 35.9. The van der Waals surface area contributed by atoms with Crippen LogP contribution in [-0.4, -0.2) is 87.9 Å². The number of thioether (sulfide) groups is 1. The first-order valence-electron chi connectivity index (χ1n) is 20.8. The standard InChI is InChI=1S/C45H62N4O10S/c1-42(2,3)58-40(55)48-35(21-29-13-15-32(16-14-29)57-41(56)59-43(4,5)6)38(52)49-45-24-30-19-31(25-45)23-44(22-30,27-45)26-36(50)46-34(20-28-11-9-8-10-12-28)37(51)47-33(39(53)54)17-18-60-7/h8-16,30-31,33-35H,17-27H2,1-7H3,(H,46,50)(H,47,51)(H,48,55)(H,49,52)(H,53,54)/t30-,31+,33-,34-,35-,44?,45?/m0/s1. The van der Waals surface area contributed by atoms with Crippen molar-refractivity contribution in [2.75, 3.05) is 12.0 Å². The van der Waals surface area contributed by atoms with Crippen molar-refractivity contribution < 1.29 is 48.1 Å². The predicted molar refractivity (Wildman–Crippen MR) is 227 cm³/mol. The lowest BCUT2D eigenvalue weighted by atomic mass is 9.46. The van der Waals surface area contributed by atoms with Crippen LogP contribution in [0.1, 0.15) is 104 Å². The molecule has 60 heavy (non-hydrogen) atoms. The minimum absolute atomic E-state index is 0.124. The van der Waals surface area contributed by atoms with E-state index in [0.717, 1.165) is 37.7 Å². The summed E-state index contributed by atoms with van der Waals surface area (Å²) >= 11 is 1.49. The Balaban J connectivity index is 1.30. The SMILES string of the molecule is CSCC[C@H](NC(=O)[C@H](Cc1ccccc1)NC(=O)CC12C[C@H]3C[C@@H](C1)CC(NC(=O)[C@H](Cc1ccc(OC(=O)OC(C)(C)C)cc1)NC(=O)OC(C)(C)C)(C3)C2)C(=O)O. The van der Waals surface area contributed by atoms with Crippen LogP contribution in [0.25, 0.3) is 0 Å². The Hall–Kier alpha value is -4.79. The number of carboxylic acid groups (broad SMARTS) is 1. The molecule has 14 nitrogen and oxygen atoms in total. The van der Waals surface area contributed by atoms with Gasteiger partial charge in [0.1, 0.15) is 35.1 Å². The Bertz CT molecular complexity index is 1850. The maximum atomic E-state index is 14.4. The minimum Gasteiger partial charge on any atom is -0.480 e. The van der Waals surface area contributed by atoms with Crippen molar-refractivity contribution in [3.05, 3.63) is 65.7 Å². The Morgan fingerprint density at radius 2 is 1.33 bits per heavy atom. The third-order valence-electron chi connectivity index (χ3n) is 11.2. The predicted octanol–water partition coefficient (Wildman–Crippen LogP) is 6.33. The maximum Gasteiger partial charge on any atom is 0.514 e. The number of rotatable bonds is 17. The third-order valence-corrected chi connectivity index (χ3v) is 11.9. The first kappa shape index (κ1) is 46.3. The molecule has 0 aromatic heterocycles. The number of nitrogens with one attached hydrogen (secondary N) is 4. The van der Waals surface area contributed by atoms with Gasteiger partial charge in [-0.3, -0.25) is 14.4 Å². The highest BCUT2D eigenvalue weighted by Gasteiger charge is 2.59. The van der Waals surface area contributed by atoms with Gasteiger partial charge in [0, 0.05) is 24.8 Å². The summed E-state index contributed by atoms with van der Waals surface area (Å²) in [6.07, 6.45) is 5.71. The van der Waals surface area contributed by atoms with E-state index in [9.17, 15) is 33.9 Å². The average molecular weight is 851 g/mol. The Kier molecular flexibility index (Phi) is 14.9. The monoisotopic (exact) mass is 850 g/mol. The van der Waals surface area contributed by atoms with Crippen molar-refractivity contribution in [3.63, 3.8) is 0 Å². The normalized spacial score (nSPS) is 23.3. The molecule has 0 spiro atoms. The van der Waals surface area contributed by atoms with Crippen LogP contribution in [0.4, 0.5) is 9.59 Å². The highest BCUT2D eigenvalue weighted by atomic mass is 32.2. The Morgan fingerprint density at radius 1 is 0.750 bits per heavy atom. The van der Waals surface area contributed by atoms with E-state index in [0.29, 0.717) is 17.7 Å². The van der Waals surface area contributed by atoms with Gasteiger partial charge in [0.2, 0.25) is 17.7 Å². The average Bonchev–Trinajstić information content (AvgIpc) is 3.11. The van der Waals surface area contributed by atoms with Crippen LogP contribution in [0.3, 0.4) is 0 Å². The molecule has 4 bridgehead atoms. The van der Waals surface area contributed by atoms with E-state index in [1.807, 2.05) is 36.6 Å². The summed E-state index contributed by atoms with van der Waals surface area (Å²) < 4.78 is 16.1. The molecule has 2 aromatic carbocycles. The molecular weight excluding hydrogens is 789 g/mol. The number of aliphatic carboxylic acids is 1. The largest absolute Gasteiger partial charge is 0.514 e. The van der Waals surface area contributed by atoms with Crippen LogP contribution in [0.5, 0.6) is 5.75 Å². The van der Waals surface area contributed by atoms with E-state index in [-0.39, 0.29) is 55.1 Å². The van der Waals surface area contributed by atoms with Gasteiger partial charge in [-0.2, -0.15) is 11.8 Å². The third kappa shape index (κ3) is 13.6. The molecule has 4 aliphatic rings. The van der Waals surface area contributed by atoms with Gasteiger partial charge in [0.05, 0.1) is 0 Å². The van der Waals surface area contributed by atoms with Crippen molar-refractivity contribution >= 4 is 47.7 Å². The number of benzene rings is 2. The summed E-state index contributed by atoms with van der Waals surface area (Å²) in [7, 11) is 0. The minimum atomic E-state index is -1.13. The van der Waals surface area contributed by atoms with Gasteiger partial charge in [-0.05, 0) is 139 Å². The summed E-state index contributed by atoms with van der Waals surface area (Å²) in [5.74, 6) is -0.971. The molecule has 328 valence electrons. The fourth-order valence-corrected chi connectivity index (χ4v) is 9.99. The molecule has 0 heterocycles. The van der Waals surface area contributed by atoms with Gasteiger partial charge < -0.3 is 40.6 Å². The van der Waals surface area contributed by atoms with Crippen molar-refractivity contribution in [1.29, 1.82) is 0 Å². The van der Waals surface area contributed by atoms with Gasteiger partial charge >= 0.3 is 18.2 Å². The van der Waals surface area contributed by atoms with Crippen LogP contribution in [0, 0.1) is 17.3 Å². The van der Waals surface area contributed by atoms with Gasteiger partial charge in [-0.15, -0.1) is 0 Å². The summed E-state index contributed by atoms with van der Waals surface area (Å²) in [5, 5.41) is 21.6. The van der Waals surface area contributed by atoms with Gasteiger partial charge in [-0.25, -0.2) is 14.4 Å². The quantitative estimate of drug-likeness (QED) is 0.0881. The zero-order chi connectivity index (χ0) is 43.9. The van der Waals surface area contributed by atoms with Gasteiger partial charge in [-0.1, -0.05) is 42.5 Å². The van der Waals surface area contributed by atoms with E-state index in [1.54, 1.807) is 65.8 Å². The number of carboxylic acids is 1. The molecule has 2 aromatic rings. The van der Waals surface area contributed by atoms with Crippen molar-refractivity contribution in [2.24, 2.45) is 17.3 Å². The van der Waals surface area contributed by atoms with Crippen LogP contribution < -0.4 is 26.0 Å². The lowest BCUT2D eigenvalue weighted by Crippen LogP contribution is -2.66. The maximum absolute atomic E-state index is 14.4. The fraction of sp³-hybridized carbons (Fsp3) is 0.600. The fourth-order valence-electron chi connectivity index (χ4n) is 9.52. The van der Waals surface area contributed by atoms with Crippen molar-refractivity contribution in [2.45, 2.75) is 141 Å². The molecule has 4 aliphatic carbocycles. The second-order valence-corrected chi connectivity index (χ2v) is 20.0. The lowest BCUT2D eigenvalue weighted by Gasteiger charge is -2.62. The first-order valence-corrected chi connectivity index (χ1v) is 22.2. The summed E-state index contributed by atoms with van der Waals surface area (Å²) in [6, 6.07) is 12.8. The number of hydrogen-bond acceptors (Lipinski definition) is 10. The summed E-state index contributed by atoms with van der Waals surface area (Å²) in [4.78, 5) is 79.4. The molecule has 4 amide bonds. The van der Waals surface area contributed by atoms with Gasteiger partial charge in [0.15, 0.2) is 0 Å². The van der Waals surface area contributed by atoms with Crippen LogP contribution in [0.2, 0.25) is 0 Å². The zero-order valence-corrected chi connectivity index (χ0v) is 36.7. The second-order valence-electron chi connectivity index (χ2n) is 19.0. The van der Waals surface area contributed by atoms with E-state index in [2.05, 4.69) is 21.3 Å². The van der Waals surface area contributed by atoms with Crippen molar-refractivity contribution in [1.82, 2.24) is 21.3 Å². The Labute approximate surface area is 357 Å². The first-order chi connectivity index (χ1) is 28.1. The number of ether oxygens (including phenoxy) is 3. The molecule has 0 radical (unpaired) electrons. The molecule has 0 saturated heterocycles. The van der Waals surface area contributed by atoms with Crippen LogP contribution in [0.15, 0.2) is 54.6 Å². The highest BCUT2D eigenvalue weighted by Crippen LogP contribution is 2.63. The highest BCUT2D eigenvalue weighted by molar-refractivity contribution is 7.98. The van der Waals surface area contributed by atoms with E-state index in [4.69, 9.17) is 14.2 Å². The molecule has 0 aliphatic heterocycles. The number of carbonyl (C=O) groups is 6. The van der Waals surface area contributed by atoms with E-state index >= 15 is 0 Å². The smallest absolute Gasteiger partial charge is 0.480 e. The Morgan fingerprint density at radius 3 is 1.90 bits per heavy atom. The van der Waals surface area contributed by atoms with Gasteiger partial charge in [0.25, 0.3) is 0 Å². The molecule has 2 unspecified atom stereocenters. The molecule has 15 heteroatoms. The molecule has 7 atom stereocenters. The molecular formula is C45H62N4O10S. The van der Waals surface area contributed by atoms with Crippen LogP contribution >= 0.6 is 11.8 Å². The van der Waals surface area contributed by atoms with E-state index in [1.165, 1.54) is 11.8 Å². The number of amides is 4. The molecule has 6 rings (SSSR count). The topological polar surface area (TPSA) is 198 Å². The van der Waals surface area contributed by atoms with Crippen LogP contribution in [-0.2, 0) is 41.5 Å². The summed E-state index contributed by atoms with van der Waals surface area (Å²) in [6.45, 7) is 10.4. The number of alkyl carbamates (subject to hydrolysis) is 1. The lowest BCUT2D eigenvalue weighted by molar-refractivity contribution is -0.142. The number of hydrogen-bond donors (Lipinski definition) is 5. The molecule has 5 N–H and O–H groups in total. The second kappa shape index (κ2) is 19.3. The number of carbonyl (C=O) groups excluding carboxylic acids is 5. The van der Waals surface area contributed by atoms with E-state index < -0.39 is 64.4 Å². The molecule has 4 fully saturated rings. The van der Waals surface area contributed by atoms with Crippen molar-refractivity contribution in [3.8, 4) is 5.75 Å². The summed E-state index contributed by atoms with van der Waals surface area (Å²) in [5.41, 5.74) is -1.02.